The van der Waals surface area contributed by atoms with E-state index in [1.165, 1.54) is 0 Å². The smallest absolute Gasteiger partial charge is 0.333 e. The third-order valence-electron chi connectivity index (χ3n) is 5.71. The zero-order valence-corrected chi connectivity index (χ0v) is 21.1. The van der Waals surface area contributed by atoms with Gasteiger partial charge >= 0.3 is 5.97 Å². The fourth-order valence-electron chi connectivity index (χ4n) is 4.01. The molecule has 0 bridgehead atoms. The van der Waals surface area contributed by atoms with Crippen molar-refractivity contribution in [1.82, 2.24) is 0 Å². The summed E-state index contributed by atoms with van der Waals surface area (Å²) < 4.78 is 24.4. The molecule has 0 aromatic heterocycles. The first-order chi connectivity index (χ1) is 17.0. The van der Waals surface area contributed by atoms with Crippen LogP contribution in [0.15, 0.2) is 76.5 Å². The molecule has 1 N–H and O–H groups in total. The predicted molar refractivity (Wildman–Crippen MR) is 137 cm³/mol. The summed E-state index contributed by atoms with van der Waals surface area (Å²) in [6.45, 7) is 3.54. The topological polar surface area (TPSA) is 82.1 Å². The number of hydrogen-bond donors (Lipinski definition) is 1. The van der Waals surface area contributed by atoms with Crippen molar-refractivity contribution in [2.75, 3.05) is 24.7 Å². The van der Waals surface area contributed by atoms with Crippen LogP contribution in [0.25, 0.3) is 0 Å². The standard InChI is InChI=1S/C27H28ClNO5S/c1-2-15-34-24(27(30)31)17-19-8-11-21(12-9-19)33-16-5-14-29-22-6-3-4-7-25(22)35(32)26-13-10-20(28)18-23(26)29/h3-4,6-13,18,24H,2,5,14-17H2,1H3,(H,30,31). The molecular formula is C27H28ClNO5S. The van der Waals surface area contributed by atoms with Crippen molar-refractivity contribution in [3.8, 4) is 5.75 Å². The van der Waals surface area contributed by atoms with Gasteiger partial charge in [0, 0.05) is 35.8 Å². The number of para-hydroxylation sites is 1. The second-order valence-corrected chi connectivity index (χ2v) is 10.1. The van der Waals surface area contributed by atoms with Crippen LogP contribution in [0, 0.1) is 0 Å². The minimum absolute atomic E-state index is 0.313. The SMILES string of the molecule is CCCOC(Cc1ccc(OCCCN2c3ccccc3[S+]([O-])c3ccc(Cl)cc32)cc1)C(=O)O. The maximum absolute atomic E-state index is 13.0. The number of ether oxygens (including phenoxy) is 2. The van der Waals surface area contributed by atoms with Crippen LogP contribution in [-0.4, -0.2) is 41.5 Å². The van der Waals surface area contributed by atoms with E-state index in [1.807, 2.05) is 67.6 Å². The zero-order chi connectivity index (χ0) is 24.8. The van der Waals surface area contributed by atoms with Gasteiger partial charge in [0.1, 0.15) is 5.75 Å². The Morgan fingerprint density at radius 1 is 1.06 bits per heavy atom. The summed E-state index contributed by atoms with van der Waals surface area (Å²) in [5.41, 5.74) is 2.66. The Kier molecular flexibility index (Phi) is 8.57. The van der Waals surface area contributed by atoms with E-state index in [9.17, 15) is 14.5 Å². The Labute approximate surface area is 213 Å². The van der Waals surface area contributed by atoms with E-state index in [0.717, 1.165) is 45.3 Å². The maximum atomic E-state index is 13.0. The molecular weight excluding hydrogens is 486 g/mol. The molecule has 0 amide bonds. The average molecular weight is 514 g/mol. The Morgan fingerprint density at radius 3 is 2.54 bits per heavy atom. The average Bonchev–Trinajstić information content (AvgIpc) is 2.86. The number of rotatable bonds is 11. The number of benzene rings is 3. The molecule has 8 heteroatoms. The molecule has 0 spiro atoms. The van der Waals surface area contributed by atoms with Crippen LogP contribution in [0.4, 0.5) is 11.4 Å². The van der Waals surface area contributed by atoms with E-state index in [1.54, 1.807) is 6.07 Å². The van der Waals surface area contributed by atoms with Gasteiger partial charge in [-0.15, -0.1) is 0 Å². The van der Waals surface area contributed by atoms with E-state index in [4.69, 9.17) is 21.1 Å². The normalized spacial score (nSPS) is 15.3. The fourth-order valence-corrected chi connectivity index (χ4v) is 5.53. The molecule has 0 saturated heterocycles. The Balaban J connectivity index is 1.36. The van der Waals surface area contributed by atoms with Crippen molar-refractivity contribution in [2.45, 2.75) is 42.1 Å². The second-order valence-electron chi connectivity index (χ2n) is 8.25. The number of carbonyl (C=O) groups is 1. The van der Waals surface area contributed by atoms with Gasteiger partial charge in [0.25, 0.3) is 0 Å². The molecule has 4 rings (SSSR count). The molecule has 2 atom stereocenters. The highest BCUT2D eigenvalue weighted by molar-refractivity contribution is 7.92. The van der Waals surface area contributed by atoms with Crippen LogP contribution in [0.3, 0.4) is 0 Å². The van der Waals surface area contributed by atoms with E-state index < -0.39 is 23.2 Å². The van der Waals surface area contributed by atoms with Gasteiger partial charge in [-0.3, -0.25) is 0 Å². The van der Waals surface area contributed by atoms with Crippen LogP contribution in [0.5, 0.6) is 5.75 Å². The molecule has 1 heterocycles. The summed E-state index contributed by atoms with van der Waals surface area (Å²) in [6.07, 6.45) is 0.976. The van der Waals surface area contributed by atoms with Gasteiger partial charge in [0.2, 0.25) is 0 Å². The van der Waals surface area contributed by atoms with Crippen molar-refractivity contribution < 1.29 is 23.9 Å². The van der Waals surface area contributed by atoms with Gasteiger partial charge in [-0.25, -0.2) is 4.79 Å². The lowest BCUT2D eigenvalue weighted by Crippen LogP contribution is -2.27. The summed E-state index contributed by atoms with van der Waals surface area (Å²) in [6, 6.07) is 20.6. The first kappa shape index (κ1) is 25.4. The number of hydrogen-bond acceptors (Lipinski definition) is 5. The molecule has 1 aliphatic heterocycles. The molecule has 3 aromatic carbocycles. The highest BCUT2D eigenvalue weighted by Crippen LogP contribution is 2.44. The number of carboxylic acid groups (broad SMARTS) is 1. The number of aliphatic carboxylic acids is 1. The summed E-state index contributed by atoms with van der Waals surface area (Å²) in [4.78, 5) is 15.1. The minimum atomic E-state index is -1.25. The molecule has 6 nitrogen and oxygen atoms in total. The molecule has 2 unspecified atom stereocenters. The molecule has 3 aromatic rings. The van der Waals surface area contributed by atoms with Gasteiger partial charge in [-0.1, -0.05) is 42.8 Å². The third-order valence-corrected chi connectivity index (χ3v) is 7.43. The van der Waals surface area contributed by atoms with E-state index in [-0.39, 0.29) is 0 Å². The monoisotopic (exact) mass is 513 g/mol. The summed E-state index contributed by atoms with van der Waals surface area (Å²) in [5, 5.41) is 9.94. The van der Waals surface area contributed by atoms with Gasteiger partial charge in [-0.2, -0.15) is 0 Å². The van der Waals surface area contributed by atoms with Gasteiger partial charge in [0.15, 0.2) is 15.9 Å². The summed E-state index contributed by atoms with van der Waals surface area (Å²) in [7, 11) is 0. The first-order valence-corrected chi connectivity index (χ1v) is 13.1. The van der Waals surface area contributed by atoms with Gasteiger partial charge in [-0.05, 0) is 60.9 Å². The third kappa shape index (κ3) is 6.11. The van der Waals surface area contributed by atoms with E-state index in [0.29, 0.717) is 31.2 Å². The van der Waals surface area contributed by atoms with Gasteiger partial charge in [0.05, 0.1) is 18.0 Å². The largest absolute Gasteiger partial charge is 0.606 e. The zero-order valence-electron chi connectivity index (χ0n) is 19.5. The molecule has 1 aliphatic rings. The van der Waals surface area contributed by atoms with Crippen molar-refractivity contribution in [3.05, 3.63) is 77.3 Å². The molecule has 0 radical (unpaired) electrons. The Morgan fingerprint density at radius 2 is 1.80 bits per heavy atom. The highest BCUT2D eigenvalue weighted by atomic mass is 35.5. The van der Waals surface area contributed by atoms with Gasteiger partial charge < -0.3 is 24.0 Å². The number of carboxylic acids is 1. The summed E-state index contributed by atoms with van der Waals surface area (Å²) >= 11 is 5.01. The Bertz CT molecular complexity index is 1160. The van der Waals surface area contributed by atoms with Crippen LogP contribution < -0.4 is 9.64 Å². The number of nitrogens with zero attached hydrogens (tertiary/aromatic N) is 1. The Hall–Kier alpha value is -2.71. The van der Waals surface area contributed by atoms with E-state index >= 15 is 0 Å². The van der Waals surface area contributed by atoms with Crippen molar-refractivity contribution in [3.63, 3.8) is 0 Å². The van der Waals surface area contributed by atoms with Crippen LogP contribution in [0.1, 0.15) is 25.3 Å². The molecule has 0 aliphatic carbocycles. The number of fused-ring (bicyclic) bond motifs is 2. The molecule has 184 valence electrons. The minimum Gasteiger partial charge on any atom is -0.606 e. The fraction of sp³-hybridized carbons (Fsp3) is 0.296. The summed E-state index contributed by atoms with van der Waals surface area (Å²) in [5.74, 6) is -0.233. The number of halogens is 1. The van der Waals surface area contributed by atoms with E-state index in [2.05, 4.69) is 4.90 Å². The molecule has 0 fully saturated rings. The maximum Gasteiger partial charge on any atom is 0.333 e. The quantitative estimate of drug-likeness (QED) is 0.256. The predicted octanol–water partition coefficient (Wildman–Crippen LogP) is 5.85. The lowest BCUT2D eigenvalue weighted by molar-refractivity contribution is -0.150. The molecule has 35 heavy (non-hydrogen) atoms. The second kappa shape index (κ2) is 11.8. The number of anilines is 2. The lowest BCUT2D eigenvalue weighted by atomic mass is 10.1. The first-order valence-electron chi connectivity index (χ1n) is 11.6. The van der Waals surface area contributed by atoms with Crippen LogP contribution in [0.2, 0.25) is 5.02 Å². The lowest BCUT2D eigenvalue weighted by Gasteiger charge is -2.32. The van der Waals surface area contributed by atoms with Crippen molar-refractivity contribution in [2.24, 2.45) is 0 Å². The molecule has 0 saturated carbocycles. The van der Waals surface area contributed by atoms with Crippen molar-refractivity contribution >= 4 is 40.1 Å². The van der Waals surface area contributed by atoms with Crippen molar-refractivity contribution in [1.29, 1.82) is 0 Å². The highest BCUT2D eigenvalue weighted by Gasteiger charge is 2.33. The van der Waals surface area contributed by atoms with Crippen LogP contribution >= 0.6 is 11.6 Å². The van der Waals surface area contributed by atoms with Crippen LogP contribution in [-0.2, 0) is 27.1 Å².